The van der Waals surface area contributed by atoms with Gasteiger partial charge in [-0.1, -0.05) is 76.9 Å². The highest BCUT2D eigenvalue weighted by Gasteiger charge is 2.37. The summed E-state index contributed by atoms with van der Waals surface area (Å²) < 4.78 is 17.8. The van der Waals surface area contributed by atoms with E-state index < -0.39 is 108 Å². The molecule has 18 nitrogen and oxygen atoms in total. The first-order valence-corrected chi connectivity index (χ1v) is 24.3. The zero-order chi connectivity index (χ0) is 52.1. The largest absolute Gasteiger partial charge is 0.456 e. The first kappa shape index (κ1) is 59.6. The maximum absolute atomic E-state index is 14.3. The summed E-state index contributed by atoms with van der Waals surface area (Å²) in [5.74, 6) is -6.33. The number of benzene rings is 1. The molecule has 1 aliphatic rings. The van der Waals surface area contributed by atoms with Gasteiger partial charge in [0.2, 0.25) is 23.6 Å². The van der Waals surface area contributed by atoms with E-state index in [-0.39, 0.29) is 43.9 Å². The van der Waals surface area contributed by atoms with Crippen LogP contribution in [0.1, 0.15) is 113 Å². The van der Waals surface area contributed by atoms with Crippen LogP contribution in [0.5, 0.6) is 0 Å². The van der Waals surface area contributed by atoms with Crippen LogP contribution in [-0.2, 0) is 54.2 Å². The van der Waals surface area contributed by atoms with Crippen molar-refractivity contribution in [2.75, 3.05) is 33.8 Å². The third kappa shape index (κ3) is 19.4. The predicted octanol–water partition coefficient (Wildman–Crippen LogP) is 4.79. The van der Waals surface area contributed by atoms with Crippen molar-refractivity contribution in [3.63, 3.8) is 0 Å². The number of likely N-dealkylation sites (N-methyl/N-ethyl adjacent to an activating group) is 2. The minimum absolute atomic E-state index is 0.00512. The molecular formula is C50H77ClN6O12. The summed E-state index contributed by atoms with van der Waals surface area (Å²) >= 11 is 6.14. The lowest BCUT2D eigenvalue weighted by atomic mass is 9.90. The van der Waals surface area contributed by atoms with E-state index in [1.165, 1.54) is 45.8 Å². The molecule has 1 aliphatic heterocycles. The standard InChI is InChI=1S/C50H77ClN6O12/c1-13-30(5)42-45(61)54-35(10)49(65)69-43(31(6)14-2)33(8)39(68-50(66)52-24-16-15-17-25-58)23-18-32(7)48(64)67-40(26-29(3)4)44(60)53-34(9)46(62)57(12)38(27-36-19-21-37(51)22-20-36)47(63)56(11)28-41(59)55-42/h14,18-22,29-30,33-35,38-40,42-43,58H,13,15-17,23-28H2,1-12H3,(H,52,66)(H,53,60)(H,54,61)(H,55,59)/b31-14+,32-18+/t30?,33-,34-,35+,38+,39-,40+,42?,43+/m0/s1. The van der Waals surface area contributed by atoms with Crippen molar-refractivity contribution in [2.45, 2.75) is 157 Å². The van der Waals surface area contributed by atoms with E-state index in [0.717, 1.165) is 4.90 Å². The van der Waals surface area contributed by atoms with Crippen molar-refractivity contribution in [3.05, 3.63) is 58.1 Å². The van der Waals surface area contributed by atoms with Crippen molar-refractivity contribution < 1.29 is 57.7 Å². The number of hydrogen-bond acceptors (Lipinski definition) is 12. The Bertz CT molecular complexity index is 1980. The second-order valence-corrected chi connectivity index (χ2v) is 18.9. The summed E-state index contributed by atoms with van der Waals surface area (Å²) in [5, 5.41) is 20.4. The lowest BCUT2D eigenvalue weighted by Crippen LogP contribution is -2.57. The number of alkyl carbamates (subject to hydrolysis) is 1. The lowest BCUT2D eigenvalue weighted by Gasteiger charge is -2.33. The van der Waals surface area contributed by atoms with Crippen LogP contribution in [-0.4, -0.2) is 139 Å². The maximum atomic E-state index is 14.3. The average molecular weight is 990 g/mol. The van der Waals surface area contributed by atoms with Gasteiger partial charge >= 0.3 is 18.0 Å². The van der Waals surface area contributed by atoms with Crippen molar-refractivity contribution in [1.29, 1.82) is 0 Å². The summed E-state index contributed by atoms with van der Waals surface area (Å²) in [6, 6.07) is 1.93. The third-order valence-corrected chi connectivity index (χ3v) is 12.5. The van der Waals surface area contributed by atoms with Gasteiger partial charge in [0.05, 0.1) is 6.54 Å². The Labute approximate surface area is 413 Å². The number of nitrogens with one attached hydrogen (secondary N) is 4. The summed E-state index contributed by atoms with van der Waals surface area (Å²) in [7, 11) is 2.80. The van der Waals surface area contributed by atoms with Gasteiger partial charge in [-0.2, -0.15) is 0 Å². The van der Waals surface area contributed by atoms with Gasteiger partial charge in [-0.15, -0.1) is 0 Å². The molecule has 0 aliphatic carbocycles. The molecule has 1 heterocycles. The van der Waals surface area contributed by atoms with Crippen LogP contribution in [0.3, 0.4) is 0 Å². The Morgan fingerprint density at radius 2 is 1.57 bits per heavy atom. The molecular weight excluding hydrogens is 912 g/mol. The molecule has 0 aromatic heterocycles. The Morgan fingerprint density at radius 3 is 2.16 bits per heavy atom. The number of unbranched alkanes of at least 4 members (excludes halogenated alkanes) is 2. The predicted molar refractivity (Wildman–Crippen MR) is 261 cm³/mol. The third-order valence-electron chi connectivity index (χ3n) is 12.2. The maximum Gasteiger partial charge on any atom is 0.407 e. The molecule has 6 amide bonds. The number of rotatable bonds is 13. The number of ether oxygens (including phenoxy) is 3. The molecule has 5 N–H and O–H groups in total. The van der Waals surface area contributed by atoms with E-state index in [1.807, 2.05) is 20.8 Å². The molecule has 386 valence electrons. The smallest absolute Gasteiger partial charge is 0.407 e. The fraction of sp³-hybridized carbons (Fsp3) is 0.640. The first-order valence-electron chi connectivity index (χ1n) is 23.9. The van der Waals surface area contributed by atoms with Crippen LogP contribution in [0, 0.1) is 17.8 Å². The molecule has 1 aromatic carbocycles. The Kier molecular flexibility index (Phi) is 25.5. The number of cyclic esters (lactones) is 2. The monoisotopic (exact) mass is 989 g/mol. The highest BCUT2D eigenvalue weighted by atomic mass is 35.5. The van der Waals surface area contributed by atoms with Crippen LogP contribution in [0.15, 0.2) is 47.6 Å². The van der Waals surface area contributed by atoms with Gasteiger partial charge in [-0.25, -0.2) is 14.4 Å². The molecule has 2 rings (SSSR count). The average Bonchev–Trinajstić information content (AvgIpc) is 3.30. The zero-order valence-electron chi connectivity index (χ0n) is 42.5. The number of aliphatic hydroxyl groups is 1. The van der Waals surface area contributed by atoms with Gasteiger partial charge < -0.3 is 50.4 Å². The summed E-state index contributed by atoms with van der Waals surface area (Å²) in [6.07, 6.45) is 1.46. The van der Waals surface area contributed by atoms with Crippen molar-refractivity contribution >= 4 is 59.2 Å². The van der Waals surface area contributed by atoms with E-state index >= 15 is 0 Å². The number of aliphatic hydroxyl groups excluding tert-OH is 1. The minimum atomic E-state index is -1.33. The molecule has 0 bridgehead atoms. The number of nitrogens with zero attached hydrogens (tertiary/aromatic N) is 2. The van der Waals surface area contributed by atoms with Gasteiger partial charge in [0, 0.05) is 56.6 Å². The summed E-state index contributed by atoms with van der Waals surface area (Å²) in [6.45, 7) is 16.6. The van der Waals surface area contributed by atoms with Gasteiger partial charge in [-0.3, -0.25) is 24.0 Å². The number of esters is 2. The van der Waals surface area contributed by atoms with Gasteiger partial charge in [0.25, 0.3) is 5.91 Å². The summed E-state index contributed by atoms with van der Waals surface area (Å²) in [5.41, 5.74) is 1.32. The second kappa shape index (κ2) is 29.5. The highest BCUT2D eigenvalue weighted by molar-refractivity contribution is 6.30. The molecule has 0 radical (unpaired) electrons. The van der Waals surface area contributed by atoms with Crippen LogP contribution >= 0.6 is 11.6 Å². The topological polar surface area (TPSA) is 239 Å². The van der Waals surface area contributed by atoms with Crippen LogP contribution < -0.4 is 21.3 Å². The fourth-order valence-electron chi connectivity index (χ4n) is 7.48. The van der Waals surface area contributed by atoms with Crippen molar-refractivity contribution in [1.82, 2.24) is 31.1 Å². The molecule has 0 fully saturated rings. The van der Waals surface area contributed by atoms with E-state index in [2.05, 4.69) is 21.3 Å². The fourth-order valence-corrected chi connectivity index (χ4v) is 7.61. The SMILES string of the molecule is C/C=C(\C)[C@H]1OC(=O)[C@@H](C)NC(=O)C(C(C)CC)NC(=O)CN(C)C(=O)[C@@H](Cc2ccc(Cl)cc2)N(C)C(=O)[C@H](C)NC(=O)[C@@H](CC(C)C)OC(=O)/C(C)=C/C[C@H](OC(=O)NCCCCCO)[C@@H]1C. The van der Waals surface area contributed by atoms with E-state index in [4.69, 9.17) is 30.9 Å². The van der Waals surface area contributed by atoms with Gasteiger partial charge in [0.15, 0.2) is 6.10 Å². The van der Waals surface area contributed by atoms with E-state index in [9.17, 15) is 38.4 Å². The molecule has 19 heteroatoms. The first-order chi connectivity index (χ1) is 32.4. The number of hydrogen-bond donors (Lipinski definition) is 5. The van der Waals surface area contributed by atoms with Crippen molar-refractivity contribution in [2.24, 2.45) is 17.8 Å². The summed E-state index contributed by atoms with van der Waals surface area (Å²) in [4.78, 5) is 113. The normalized spacial score (nSPS) is 26.2. The quantitative estimate of drug-likeness (QED) is 0.0777. The Balaban J connectivity index is 2.71. The van der Waals surface area contributed by atoms with Crippen LogP contribution in [0.4, 0.5) is 4.79 Å². The van der Waals surface area contributed by atoms with Crippen LogP contribution in [0.2, 0.25) is 5.02 Å². The van der Waals surface area contributed by atoms with Crippen LogP contribution in [0.25, 0.3) is 0 Å². The Hall–Kier alpha value is -5.49. The lowest BCUT2D eigenvalue weighted by molar-refractivity contribution is -0.155. The van der Waals surface area contributed by atoms with E-state index in [1.54, 1.807) is 58.0 Å². The molecule has 1 aromatic rings. The molecule has 0 saturated heterocycles. The minimum Gasteiger partial charge on any atom is -0.456 e. The molecule has 9 atom stereocenters. The number of carbonyl (C=O) groups is 8. The Morgan fingerprint density at radius 1 is 0.928 bits per heavy atom. The number of carbonyl (C=O) groups excluding carboxylic acids is 8. The van der Waals surface area contributed by atoms with Crippen molar-refractivity contribution in [3.8, 4) is 0 Å². The van der Waals surface area contributed by atoms with E-state index in [0.29, 0.717) is 41.8 Å². The highest BCUT2D eigenvalue weighted by Crippen LogP contribution is 2.26. The molecule has 69 heavy (non-hydrogen) atoms. The second-order valence-electron chi connectivity index (χ2n) is 18.4. The zero-order valence-corrected chi connectivity index (χ0v) is 43.3. The molecule has 0 saturated carbocycles. The molecule has 0 spiro atoms. The molecule has 2 unspecified atom stereocenters. The van der Waals surface area contributed by atoms with Gasteiger partial charge in [-0.05, 0) is 95.4 Å². The number of allylic oxidation sites excluding steroid dienone is 1. The van der Waals surface area contributed by atoms with Gasteiger partial charge in [0.1, 0.15) is 36.4 Å². The number of halogens is 1. The number of amides is 6.